The summed E-state index contributed by atoms with van der Waals surface area (Å²) in [6, 6.07) is 3.33. The van der Waals surface area contributed by atoms with E-state index in [1.807, 2.05) is 13.8 Å². The molecular weight excluding hydrogens is 284 g/mol. The molecule has 0 aromatic carbocycles. The predicted molar refractivity (Wildman–Crippen MR) is 82.5 cm³/mol. The van der Waals surface area contributed by atoms with Crippen molar-refractivity contribution in [3.63, 3.8) is 0 Å². The van der Waals surface area contributed by atoms with Crippen LogP contribution in [0.3, 0.4) is 0 Å². The lowest BCUT2D eigenvalue weighted by Gasteiger charge is -2.22. The first kappa shape index (κ1) is 18.1. The van der Waals surface area contributed by atoms with Gasteiger partial charge in [-0.05, 0) is 32.4 Å². The molecule has 122 valence electrons. The van der Waals surface area contributed by atoms with Gasteiger partial charge in [-0.25, -0.2) is 0 Å². The Morgan fingerprint density at radius 3 is 2.50 bits per heavy atom. The second-order valence-corrected chi connectivity index (χ2v) is 5.13. The van der Waals surface area contributed by atoms with Gasteiger partial charge in [0.1, 0.15) is 0 Å². The maximum atomic E-state index is 12.5. The number of hydrogen-bond acceptors (Lipinski definition) is 5. The molecule has 0 spiro atoms. The predicted octanol–water partition coefficient (Wildman–Crippen LogP) is 1.90. The number of methoxy groups -OCH3 is 1. The van der Waals surface area contributed by atoms with E-state index in [0.717, 1.165) is 6.42 Å². The number of rotatable bonds is 9. The van der Waals surface area contributed by atoms with E-state index in [0.29, 0.717) is 25.3 Å². The van der Waals surface area contributed by atoms with E-state index in [2.05, 4.69) is 9.72 Å². The van der Waals surface area contributed by atoms with Gasteiger partial charge in [-0.2, -0.15) is 0 Å². The average molecular weight is 308 g/mol. The van der Waals surface area contributed by atoms with Crippen LogP contribution < -0.4 is 0 Å². The van der Waals surface area contributed by atoms with Crippen molar-refractivity contribution in [1.82, 2.24) is 9.88 Å². The number of hydrogen-bond donors (Lipinski definition) is 0. The van der Waals surface area contributed by atoms with E-state index in [1.165, 1.54) is 7.11 Å². The third kappa shape index (κ3) is 6.67. The molecule has 0 aliphatic carbocycles. The van der Waals surface area contributed by atoms with Crippen molar-refractivity contribution < 1.29 is 19.1 Å². The molecule has 0 atom stereocenters. The maximum absolute atomic E-state index is 12.5. The van der Waals surface area contributed by atoms with E-state index in [9.17, 15) is 9.59 Å². The number of carbonyl (C=O) groups excluding carboxylic acids is 2. The largest absolute Gasteiger partial charge is 0.469 e. The van der Waals surface area contributed by atoms with Crippen LogP contribution in [-0.2, 0) is 14.3 Å². The second kappa shape index (κ2) is 9.89. The van der Waals surface area contributed by atoms with Gasteiger partial charge in [-0.3, -0.25) is 14.6 Å². The Bertz CT molecular complexity index is 462. The van der Waals surface area contributed by atoms with Crippen LogP contribution in [-0.4, -0.2) is 54.7 Å². The number of pyridine rings is 1. The smallest absolute Gasteiger partial charge is 0.307 e. The van der Waals surface area contributed by atoms with Crippen LogP contribution in [0.2, 0.25) is 0 Å². The number of ether oxygens (including phenoxy) is 2. The lowest BCUT2D eigenvalue weighted by Crippen LogP contribution is -2.34. The number of aromatic nitrogens is 1. The van der Waals surface area contributed by atoms with Crippen molar-refractivity contribution in [2.75, 3.05) is 26.8 Å². The quantitative estimate of drug-likeness (QED) is 0.515. The average Bonchev–Trinajstić information content (AvgIpc) is 2.53. The summed E-state index contributed by atoms with van der Waals surface area (Å²) in [6.07, 6.45) is 4.22. The number of nitrogens with zero attached hydrogens (tertiary/aromatic N) is 2. The fraction of sp³-hybridized carbons (Fsp3) is 0.562. The van der Waals surface area contributed by atoms with Crippen LogP contribution >= 0.6 is 0 Å². The molecule has 0 fully saturated rings. The van der Waals surface area contributed by atoms with Crippen molar-refractivity contribution >= 4 is 11.9 Å². The maximum Gasteiger partial charge on any atom is 0.307 e. The second-order valence-electron chi connectivity index (χ2n) is 5.13. The lowest BCUT2D eigenvalue weighted by atomic mass is 10.2. The lowest BCUT2D eigenvalue weighted by molar-refractivity contribution is -0.140. The summed E-state index contributed by atoms with van der Waals surface area (Å²) in [5, 5.41) is 0. The van der Waals surface area contributed by atoms with Gasteiger partial charge in [0, 0.05) is 37.7 Å². The van der Waals surface area contributed by atoms with Crippen LogP contribution in [0.15, 0.2) is 24.5 Å². The third-order valence-corrected chi connectivity index (χ3v) is 3.05. The number of amides is 1. The Hall–Kier alpha value is -1.95. The van der Waals surface area contributed by atoms with Crippen LogP contribution in [0.25, 0.3) is 0 Å². The minimum absolute atomic E-state index is 0.115. The molecular formula is C16H24N2O4. The molecule has 1 rings (SSSR count). The van der Waals surface area contributed by atoms with E-state index in [4.69, 9.17) is 4.74 Å². The highest BCUT2D eigenvalue weighted by Gasteiger charge is 2.16. The molecule has 0 radical (unpaired) electrons. The zero-order valence-electron chi connectivity index (χ0n) is 13.4. The molecule has 1 amide bonds. The van der Waals surface area contributed by atoms with Gasteiger partial charge in [0.05, 0.1) is 19.6 Å². The highest BCUT2D eigenvalue weighted by Crippen LogP contribution is 2.06. The number of esters is 1. The zero-order valence-corrected chi connectivity index (χ0v) is 13.4. The summed E-state index contributed by atoms with van der Waals surface area (Å²) in [5.74, 6) is -0.443. The third-order valence-electron chi connectivity index (χ3n) is 3.05. The monoisotopic (exact) mass is 308 g/mol. The summed E-state index contributed by atoms with van der Waals surface area (Å²) in [7, 11) is 1.34. The van der Waals surface area contributed by atoms with Gasteiger partial charge in [-0.15, -0.1) is 0 Å². The molecule has 6 heteroatoms. The normalized spacial score (nSPS) is 10.5. The minimum atomic E-state index is -0.328. The highest BCUT2D eigenvalue weighted by molar-refractivity contribution is 5.94. The van der Waals surface area contributed by atoms with Gasteiger partial charge in [-0.1, -0.05) is 0 Å². The van der Waals surface area contributed by atoms with E-state index in [-0.39, 0.29) is 24.4 Å². The van der Waals surface area contributed by atoms with E-state index >= 15 is 0 Å². The number of carbonyl (C=O) groups is 2. The molecule has 0 saturated carbocycles. The van der Waals surface area contributed by atoms with Crippen LogP contribution in [0.1, 0.15) is 37.0 Å². The molecule has 0 N–H and O–H groups in total. The fourth-order valence-corrected chi connectivity index (χ4v) is 1.89. The van der Waals surface area contributed by atoms with Gasteiger partial charge >= 0.3 is 5.97 Å². The highest BCUT2D eigenvalue weighted by atomic mass is 16.5. The van der Waals surface area contributed by atoms with E-state index < -0.39 is 0 Å². The van der Waals surface area contributed by atoms with Crippen molar-refractivity contribution in [3.05, 3.63) is 30.1 Å². The molecule has 0 aliphatic heterocycles. The molecule has 0 unspecified atom stereocenters. The van der Waals surface area contributed by atoms with Crippen molar-refractivity contribution in [3.8, 4) is 0 Å². The molecule has 0 aliphatic rings. The summed E-state index contributed by atoms with van der Waals surface area (Å²) in [5.41, 5.74) is 0.560. The Balaban J connectivity index is 2.60. The summed E-state index contributed by atoms with van der Waals surface area (Å²) in [6.45, 7) is 5.38. The summed E-state index contributed by atoms with van der Waals surface area (Å²) < 4.78 is 10.1. The first-order valence-corrected chi connectivity index (χ1v) is 7.42. The van der Waals surface area contributed by atoms with Gasteiger partial charge in [0.15, 0.2) is 0 Å². The zero-order chi connectivity index (χ0) is 16.4. The Kier molecular flexibility index (Phi) is 8.14. The van der Waals surface area contributed by atoms with Crippen LogP contribution in [0.4, 0.5) is 0 Å². The van der Waals surface area contributed by atoms with Crippen molar-refractivity contribution in [2.24, 2.45) is 0 Å². The van der Waals surface area contributed by atoms with E-state index in [1.54, 1.807) is 29.4 Å². The topological polar surface area (TPSA) is 68.7 Å². The molecule has 1 heterocycles. The van der Waals surface area contributed by atoms with Gasteiger partial charge in [0.25, 0.3) is 5.91 Å². The SMILES string of the molecule is COC(=O)CCN(CCCOC(C)C)C(=O)c1ccncc1. The molecule has 6 nitrogen and oxygen atoms in total. The van der Waals surface area contributed by atoms with Gasteiger partial charge < -0.3 is 14.4 Å². The molecule has 0 bridgehead atoms. The summed E-state index contributed by atoms with van der Waals surface area (Å²) >= 11 is 0. The van der Waals surface area contributed by atoms with Gasteiger partial charge in [0.2, 0.25) is 0 Å². The summed E-state index contributed by atoms with van der Waals surface area (Å²) in [4.78, 5) is 29.3. The molecule has 1 aromatic rings. The van der Waals surface area contributed by atoms with Crippen LogP contribution in [0.5, 0.6) is 0 Å². The Labute approximate surface area is 131 Å². The minimum Gasteiger partial charge on any atom is -0.469 e. The first-order valence-electron chi connectivity index (χ1n) is 7.42. The molecule has 0 saturated heterocycles. The first-order chi connectivity index (χ1) is 10.5. The fourth-order valence-electron chi connectivity index (χ4n) is 1.89. The standard InChI is InChI=1S/C16H24N2O4/c1-13(2)22-12-4-10-18(11-7-15(19)21-3)16(20)14-5-8-17-9-6-14/h5-6,8-9,13H,4,7,10-12H2,1-3H3. The Morgan fingerprint density at radius 2 is 1.91 bits per heavy atom. The van der Waals surface area contributed by atoms with Crippen molar-refractivity contribution in [2.45, 2.75) is 32.8 Å². The molecule has 1 aromatic heterocycles. The van der Waals surface area contributed by atoms with Crippen molar-refractivity contribution in [1.29, 1.82) is 0 Å². The molecule has 22 heavy (non-hydrogen) atoms. The van der Waals surface area contributed by atoms with Crippen LogP contribution in [0, 0.1) is 0 Å². The Morgan fingerprint density at radius 1 is 1.23 bits per heavy atom.